The lowest BCUT2D eigenvalue weighted by Gasteiger charge is -2.07. The Morgan fingerprint density at radius 2 is 1.71 bits per heavy atom. The van der Waals surface area contributed by atoms with E-state index in [1.54, 1.807) is 28.8 Å². The number of aryl methyl sites for hydroxylation is 1. The third kappa shape index (κ3) is 2.36. The fraction of sp³-hybridized carbons (Fsp3) is 0.143. The molecule has 0 aliphatic carbocycles. The Balaban J connectivity index is 2.20. The lowest BCUT2D eigenvalue weighted by atomic mass is 10.3. The molecule has 0 aliphatic heterocycles. The lowest BCUT2D eigenvalue weighted by molar-refractivity contribution is 0.602. The van der Waals surface area contributed by atoms with Gasteiger partial charge in [-0.25, -0.2) is 18.4 Å². The molecule has 108 valence electrons. The van der Waals surface area contributed by atoms with Gasteiger partial charge in [-0.1, -0.05) is 0 Å². The molecule has 0 unspecified atom stereocenters. The molecular weight excluding hydrogens is 288 g/mol. The fourth-order valence-electron chi connectivity index (χ4n) is 2.17. The number of benzene rings is 1. The Labute approximate surface area is 122 Å². The van der Waals surface area contributed by atoms with Crippen molar-refractivity contribution in [3.05, 3.63) is 42.1 Å². The largest absolute Gasteiger partial charge is 0.369 e. The van der Waals surface area contributed by atoms with Crippen molar-refractivity contribution in [3.8, 4) is 5.69 Å². The first kappa shape index (κ1) is 13.6. The number of imidazole rings is 1. The smallest absolute Gasteiger partial charge is 0.207 e. The van der Waals surface area contributed by atoms with Crippen LogP contribution in [0.25, 0.3) is 16.9 Å². The van der Waals surface area contributed by atoms with Crippen molar-refractivity contribution in [2.24, 2.45) is 0 Å². The van der Waals surface area contributed by atoms with Gasteiger partial charge < -0.3 is 5.73 Å². The van der Waals surface area contributed by atoms with Crippen LogP contribution in [0.5, 0.6) is 0 Å². The molecule has 3 rings (SSSR count). The number of hydrogen-bond donors (Lipinski definition) is 1. The second-order valence-electron chi connectivity index (χ2n) is 4.87. The van der Waals surface area contributed by atoms with Gasteiger partial charge in [0.15, 0.2) is 15.5 Å². The number of aromatic nitrogens is 3. The minimum Gasteiger partial charge on any atom is -0.369 e. The summed E-state index contributed by atoms with van der Waals surface area (Å²) in [5, 5.41) is 0. The zero-order valence-corrected chi connectivity index (χ0v) is 12.4. The van der Waals surface area contributed by atoms with Crippen LogP contribution < -0.4 is 5.73 Å². The molecule has 0 aliphatic rings. The van der Waals surface area contributed by atoms with E-state index in [-0.39, 0.29) is 4.90 Å². The van der Waals surface area contributed by atoms with Crippen LogP contribution in [0.2, 0.25) is 0 Å². The highest BCUT2D eigenvalue weighted by Gasteiger charge is 2.13. The molecule has 21 heavy (non-hydrogen) atoms. The van der Waals surface area contributed by atoms with Gasteiger partial charge in [-0.2, -0.15) is 0 Å². The first-order chi connectivity index (χ1) is 9.86. The predicted octanol–water partition coefficient (Wildman–Crippen LogP) is 1.71. The van der Waals surface area contributed by atoms with Crippen molar-refractivity contribution >= 4 is 26.9 Å². The average Bonchev–Trinajstić information content (AvgIpc) is 2.73. The quantitative estimate of drug-likeness (QED) is 0.778. The Kier molecular flexibility index (Phi) is 2.94. The topological polar surface area (TPSA) is 90.9 Å². The van der Waals surface area contributed by atoms with Gasteiger partial charge in [-0.3, -0.25) is 4.57 Å². The summed E-state index contributed by atoms with van der Waals surface area (Å²) in [7, 11) is -3.22. The number of fused-ring (bicyclic) bond motifs is 1. The van der Waals surface area contributed by atoms with Crippen molar-refractivity contribution in [3.63, 3.8) is 0 Å². The maximum atomic E-state index is 11.5. The minimum absolute atomic E-state index is 0.262. The predicted molar refractivity (Wildman–Crippen MR) is 81.1 cm³/mol. The highest BCUT2D eigenvalue weighted by molar-refractivity contribution is 7.90. The lowest BCUT2D eigenvalue weighted by Crippen LogP contribution is -2.03. The molecular formula is C14H14N4O2S. The number of rotatable bonds is 2. The van der Waals surface area contributed by atoms with Crippen LogP contribution in [0, 0.1) is 6.92 Å². The Morgan fingerprint density at radius 1 is 1.05 bits per heavy atom. The molecule has 0 amide bonds. The summed E-state index contributed by atoms with van der Waals surface area (Å²) in [5.41, 5.74) is 8.89. The van der Waals surface area contributed by atoms with E-state index in [2.05, 4.69) is 9.97 Å². The van der Waals surface area contributed by atoms with E-state index in [4.69, 9.17) is 5.73 Å². The van der Waals surface area contributed by atoms with Gasteiger partial charge in [0.05, 0.1) is 10.6 Å². The molecule has 6 nitrogen and oxygen atoms in total. The molecule has 0 fully saturated rings. The first-order valence-electron chi connectivity index (χ1n) is 6.28. The second kappa shape index (κ2) is 4.56. The molecule has 0 atom stereocenters. The highest BCUT2D eigenvalue weighted by atomic mass is 32.2. The van der Waals surface area contributed by atoms with E-state index in [1.807, 2.05) is 19.1 Å². The standard InChI is InChI=1S/C14H14N4O2S/c1-9-3-8-12-13(16-9)18(14(15)17-12)10-4-6-11(7-5-10)21(2,19)20/h3-8H,1-2H3,(H2,15,17). The van der Waals surface area contributed by atoms with Gasteiger partial charge in [0, 0.05) is 11.9 Å². The van der Waals surface area contributed by atoms with Gasteiger partial charge in [-0.05, 0) is 43.3 Å². The van der Waals surface area contributed by atoms with Crippen molar-refractivity contribution in [1.82, 2.24) is 14.5 Å². The summed E-state index contributed by atoms with van der Waals surface area (Å²) >= 11 is 0. The number of nitrogens with two attached hydrogens (primary N) is 1. The molecule has 0 saturated carbocycles. The van der Waals surface area contributed by atoms with Crippen LogP contribution in [-0.2, 0) is 9.84 Å². The van der Waals surface area contributed by atoms with Gasteiger partial charge in [0.25, 0.3) is 0 Å². The average molecular weight is 302 g/mol. The summed E-state index contributed by atoms with van der Waals surface area (Å²) in [6, 6.07) is 10.2. The van der Waals surface area contributed by atoms with Crippen LogP contribution in [-0.4, -0.2) is 29.2 Å². The third-order valence-corrected chi connectivity index (χ3v) is 4.32. The molecule has 1 aromatic carbocycles. The number of nitrogens with zero attached hydrogens (tertiary/aromatic N) is 3. The maximum Gasteiger partial charge on any atom is 0.207 e. The molecule has 0 spiro atoms. The summed E-state index contributed by atoms with van der Waals surface area (Å²) < 4.78 is 24.7. The fourth-order valence-corrected chi connectivity index (χ4v) is 2.80. The zero-order chi connectivity index (χ0) is 15.2. The highest BCUT2D eigenvalue weighted by Crippen LogP contribution is 2.22. The van der Waals surface area contributed by atoms with Crippen molar-refractivity contribution in [2.45, 2.75) is 11.8 Å². The molecule has 0 radical (unpaired) electrons. The number of anilines is 1. The number of nitrogen functional groups attached to an aromatic ring is 1. The van der Waals surface area contributed by atoms with Crippen molar-refractivity contribution in [2.75, 3.05) is 12.0 Å². The van der Waals surface area contributed by atoms with Gasteiger partial charge >= 0.3 is 0 Å². The minimum atomic E-state index is -3.22. The number of hydrogen-bond acceptors (Lipinski definition) is 5. The van der Waals surface area contributed by atoms with Gasteiger partial charge in [0.1, 0.15) is 5.52 Å². The normalized spacial score (nSPS) is 11.9. The van der Waals surface area contributed by atoms with E-state index in [9.17, 15) is 8.42 Å². The van der Waals surface area contributed by atoms with Gasteiger partial charge in [-0.15, -0.1) is 0 Å². The molecule has 2 aromatic heterocycles. The van der Waals surface area contributed by atoms with E-state index in [1.165, 1.54) is 6.26 Å². The monoisotopic (exact) mass is 302 g/mol. The van der Waals surface area contributed by atoms with Crippen LogP contribution in [0.3, 0.4) is 0 Å². The van der Waals surface area contributed by atoms with E-state index in [0.717, 1.165) is 11.4 Å². The Hall–Kier alpha value is -2.41. The van der Waals surface area contributed by atoms with E-state index in [0.29, 0.717) is 17.1 Å². The van der Waals surface area contributed by atoms with Crippen LogP contribution in [0.4, 0.5) is 5.95 Å². The van der Waals surface area contributed by atoms with Crippen LogP contribution in [0.1, 0.15) is 5.69 Å². The second-order valence-corrected chi connectivity index (χ2v) is 6.88. The first-order valence-corrected chi connectivity index (χ1v) is 8.17. The summed E-state index contributed by atoms with van der Waals surface area (Å²) in [5.74, 6) is 0.315. The molecule has 0 bridgehead atoms. The number of pyridine rings is 1. The van der Waals surface area contributed by atoms with Crippen molar-refractivity contribution in [1.29, 1.82) is 0 Å². The summed E-state index contributed by atoms with van der Waals surface area (Å²) in [4.78, 5) is 8.97. The molecule has 0 saturated heterocycles. The summed E-state index contributed by atoms with van der Waals surface area (Å²) in [6.07, 6.45) is 1.17. The summed E-state index contributed by atoms with van der Waals surface area (Å²) in [6.45, 7) is 1.89. The molecule has 7 heteroatoms. The molecule has 3 aromatic rings. The zero-order valence-electron chi connectivity index (χ0n) is 11.6. The van der Waals surface area contributed by atoms with Crippen molar-refractivity contribution < 1.29 is 8.42 Å². The van der Waals surface area contributed by atoms with Crippen LogP contribution in [0.15, 0.2) is 41.3 Å². The van der Waals surface area contributed by atoms with E-state index < -0.39 is 9.84 Å². The third-order valence-electron chi connectivity index (χ3n) is 3.19. The van der Waals surface area contributed by atoms with Gasteiger partial charge in [0.2, 0.25) is 5.95 Å². The Bertz CT molecular complexity index is 928. The molecule has 2 heterocycles. The molecule has 2 N–H and O–H groups in total. The SMILES string of the molecule is Cc1ccc2nc(N)n(-c3ccc(S(C)(=O)=O)cc3)c2n1. The van der Waals surface area contributed by atoms with E-state index >= 15 is 0 Å². The maximum absolute atomic E-state index is 11.5. The van der Waals surface area contributed by atoms with Crippen LogP contribution >= 0.6 is 0 Å². The Morgan fingerprint density at radius 3 is 2.33 bits per heavy atom. The number of sulfone groups is 1.